The molecule has 1 N–H and O–H groups in total. The maximum atomic E-state index is 12.2. The predicted octanol–water partition coefficient (Wildman–Crippen LogP) is 3.44. The van der Waals surface area contributed by atoms with Gasteiger partial charge in [0.05, 0.1) is 12.6 Å². The van der Waals surface area contributed by atoms with E-state index in [2.05, 4.69) is 17.1 Å². The van der Waals surface area contributed by atoms with Crippen molar-refractivity contribution in [1.82, 2.24) is 4.98 Å². The Balaban J connectivity index is 2.17. The molecule has 0 atom stereocenters. The van der Waals surface area contributed by atoms with Crippen LogP contribution in [-0.2, 0) is 0 Å². The van der Waals surface area contributed by atoms with Crippen molar-refractivity contribution in [1.29, 1.82) is 0 Å². The summed E-state index contributed by atoms with van der Waals surface area (Å²) in [4.78, 5) is 15.5. The number of ether oxygens (including phenoxy) is 1. The van der Waals surface area contributed by atoms with E-state index in [4.69, 9.17) is 4.74 Å². The smallest absolute Gasteiger partial charge is 0.190 e. The molecule has 1 aromatic heterocycles. The average molecular weight is 265 g/mol. The third kappa shape index (κ3) is 2.30. The van der Waals surface area contributed by atoms with Crippen LogP contribution in [0.25, 0.3) is 16.5 Å². The van der Waals surface area contributed by atoms with Crippen LogP contribution in [0.1, 0.15) is 12.1 Å². The number of aromatic amines is 1. The first-order valence-electron chi connectivity index (χ1n) is 6.53. The van der Waals surface area contributed by atoms with E-state index in [1.54, 1.807) is 25.3 Å². The summed E-state index contributed by atoms with van der Waals surface area (Å²) >= 11 is 0. The number of hydrogen-bond donors (Lipinski definition) is 1. The zero-order valence-corrected chi connectivity index (χ0v) is 11.2. The van der Waals surface area contributed by atoms with E-state index in [1.165, 1.54) is 0 Å². The van der Waals surface area contributed by atoms with Gasteiger partial charge < -0.3 is 9.72 Å². The fraction of sp³-hybridized carbons (Fsp3) is 0.118. The predicted molar refractivity (Wildman–Crippen MR) is 82.0 cm³/mol. The van der Waals surface area contributed by atoms with E-state index < -0.39 is 0 Å². The number of aromatic nitrogens is 1. The molecule has 0 fully saturated rings. The summed E-state index contributed by atoms with van der Waals surface area (Å²) in [7, 11) is 1.62. The second kappa shape index (κ2) is 5.21. The molecule has 0 bridgehead atoms. The van der Waals surface area contributed by atoms with Crippen LogP contribution in [0.3, 0.4) is 0 Å². The molecule has 0 saturated heterocycles. The number of H-pyrrole nitrogens is 1. The molecule has 100 valence electrons. The number of pyridine rings is 1. The second-order valence-electron chi connectivity index (χ2n) is 4.64. The van der Waals surface area contributed by atoms with Crippen molar-refractivity contribution in [3.63, 3.8) is 0 Å². The van der Waals surface area contributed by atoms with E-state index in [0.29, 0.717) is 5.39 Å². The summed E-state index contributed by atoms with van der Waals surface area (Å²) < 4.78 is 5.21. The summed E-state index contributed by atoms with van der Waals surface area (Å²) in [6.07, 6.45) is 11.0. The van der Waals surface area contributed by atoms with Gasteiger partial charge in [0.15, 0.2) is 5.43 Å². The van der Waals surface area contributed by atoms with Gasteiger partial charge in [-0.3, -0.25) is 4.79 Å². The van der Waals surface area contributed by atoms with Crippen molar-refractivity contribution in [2.24, 2.45) is 0 Å². The van der Waals surface area contributed by atoms with E-state index in [-0.39, 0.29) is 5.43 Å². The van der Waals surface area contributed by atoms with Crippen LogP contribution in [0.15, 0.2) is 59.4 Å². The lowest BCUT2D eigenvalue weighted by atomic mass is 10.1. The number of benzene rings is 1. The molecule has 0 saturated carbocycles. The average Bonchev–Trinajstić information content (AvgIpc) is 2.75. The van der Waals surface area contributed by atoms with Gasteiger partial charge in [-0.25, -0.2) is 0 Å². The molecule has 3 heteroatoms. The lowest BCUT2D eigenvalue weighted by Gasteiger charge is -2.07. The van der Waals surface area contributed by atoms with Gasteiger partial charge in [-0.2, -0.15) is 0 Å². The van der Waals surface area contributed by atoms with Crippen LogP contribution in [0.2, 0.25) is 0 Å². The Bertz CT molecular complexity index is 794. The van der Waals surface area contributed by atoms with Crippen LogP contribution < -0.4 is 10.2 Å². The highest BCUT2D eigenvalue weighted by Crippen LogP contribution is 2.21. The summed E-state index contributed by atoms with van der Waals surface area (Å²) in [6.45, 7) is 0. The molecule has 20 heavy (non-hydrogen) atoms. The number of allylic oxidation sites excluding steroid dienone is 6. The maximum Gasteiger partial charge on any atom is 0.190 e. The van der Waals surface area contributed by atoms with Gasteiger partial charge in [0.2, 0.25) is 0 Å². The Morgan fingerprint density at radius 3 is 2.95 bits per heavy atom. The van der Waals surface area contributed by atoms with Crippen molar-refractivity contribution in [3.05, 3.63) is 70.6 Å². The minimum atomic E-state index is 0.0166. The molecule has 0 radical (unpaired) electrons. The first kappa shape index (κ1) is 12.5. The molecular weight excluding hydrogens is 250 g/mol. The van der Waals surface area contributed by atoms with Crippen LogP contribution in [0.4, 0.5) is 0 Å². The minimum Gasteiger partial charge on any atom is -0.497 e. The second-order valence-corrected chi connectivity index (χ2v) is 4.64. The largest absolute Gasteiger partial charge is 0.497 e. The van der Waals surface area contributed by atoms with Crippen molar-refractivity contribution < 1.29 is 4.74 Å². The first-order chi connectivity index (χ1) is 9.78. The summed E-state index contributed by atoms with van der Waals surface area (Å²) in [5.74, 6) is 0.734. The third-order valence-corrected chi connectivity index (χ3v) is 3.34. The number of nitrogens with one attached hydrogen (secondary N) is 1. The van der Waals surface area contributed by atoms with E-state index in [0.717, 1.165) is 29.0 Å². The van der Waals surface area contributed by atoms with Gasteiger partial charge in [-0.05, 0) is 24.1 Å². The molecule has 0 amide bonds. The van der Waals surface area contributed by atoms with Gasteiger partial charge in [0.25, 0.3) is 0 Å². The number of rotatable bonds is 2. The van der Waals surface area contributed by atoms with Gasteiger partial charge in [-0.15, -0.1) is 0 Å². The standard InChI is InChI=1S/C17H15NO2/c1-20-13-8-9-14-16(10-13)18-15(11-17(14)19)12-6-4-2-3-5-7-12/h2-4,6-11H,5H2,1H3,(H,18,19). The molecule has 0 spiro atoms. The highest BCUT2D eigenvalue weighted by Gasteiger charge is 2.06. The summed E-state index contributed by atoms with van der Waals surface area (Å²) in [5, 5.41) is 0.672. The van der Waals surface area contributed by atoms with Gasteiger partial charge in [0, 0.05) is 23.2 Å². The Kier molecular flexibility index (Phi) is 3.25. The van der Waals surface area contributed by atoms with Crippen molar-refractivity contribution >= 4 is 16.5 Å². The van der Waals surface area contributed by atoms with E-state index in [1.807, 2.05) is 24.3 Å². The Morgan fingerprint density at radius 1 is 1.20 bits per heavy atom. The van der Waals surface area contributed by atoms with Crippen LogP contribution >= 0.6 is 0 Å². The number of hydrogen-bond acceptors (Lipinski definition) is 2. The van der Waals surface area contributed by atoms with E-state index in [9.17, 15) is 4.79 Å². The zero-order chi connectivity index (χ0) is 13.9. The molecule has 1 aliphatic carbocycles. The highest BCUT2D eigenvalue weighted by atomic mass is 16.5. The van der Waals surface area contributed by atoms with Crippen molar-refractivity contribution in [2.45, 2.75) is 6.42 Å². The fourth-order valence-electron chi connectivity index (χ4n) is 2.29. The summed E-state index contributed by atoms with van der Waals surface area (Å²) in [5.41, 5.74) is 2.66. The monoisotopic (exact) mass is 265 g/mol. The van der Waals surface area contributed by atoms with Gasteiger partial charge in [0.1, 0.15) is 5.75 Å². The summed E-state index contributed by atoms with van der Waals surface area (Å²) in [6, 6.07) is 7.08. The molecule has 1 aromatic carbocycles. The topological polar surface area (TPSA) is 42.1 Å². The first-order valence-corrected chi connectivity index (χ1v) is 6.53. The molecular formula is C17H15NO2. The van der Waals surface area contributed by atoms with Gasteiger partial charge >= 0.3 is 0 Å². The normalized spacial score (nSPS) is 14.2. The maximum absolute atomic E-state index is 12.2. The van der Waals surface area contributed by atoms with E-state index >= 15 is 0 Å². The van der Waals surface area contributed by atoms with Crippen molar-refractivity contribution in [3.8, 4) is 5.75 Å². The van der Waals surface area contributed by atoms with Crippen LogP contribution in [-0.4, -0.2) is 12.1 Å². The molecule has 1 aliphatic rings. The Morgan fingerprint density at radius 2 is 2.10 bits per heavy atom. The number of fused-ring (bicyclic) bond motifs is 1. The third-order valence-electron chi connectivity index (χ3n) is 3.34. The van der Waals surface area contributed by atoms with Gasteiger partial charge in [-0.1, -0.05) is 30.4 Å². The quantitative estimate of drug-likeness (QED) is 0.903. The molecule has 3 rings (SSSR count). The van der Waals surface area contributed by atoms with Crippen LogP contribution in [0, 0.1) is 0 Å². The van der Waals surface area contributed by atoms with Crippen molar-refractivity contribution in [2.75, 3.05) is 7.11 Å². The number of methoxy groups -OCH3 is 1. The Hall–Kier alpha value is -2.55. The lowest BCUT2D eigenvalue weighted by Crippen LogP contribution is -2.04. The highest BCUT2D eigenvalue weighted by molar-refractivity contribution is 5.83. The zero-order valence-electron chi connectivity index (χ0n) is 11.2. The molecule has 0 aliphatic heterocycles. The molecule has 3 nitrogen and oxygen atoms in total. The fourth-order valence-corrected chi connectivity index (χ4v) is 2.29. The SMILES string of the molecule is COc1ccc2c(=O)cc(C3=CCC=CC=C3)[nH]c2c1. The van der Waals surface area contributed by atoms with Crippen LogP contribution in [0.5, 0.6) is 5.75 Å². The Labute approximate surface area is 116 Å². The lowest BCUT2D eigenvalue weighted by molar-refractivity contribution is 0.415. The minimum absolute atomic E-state index is 0.0166. The molecule has 1 heterocycles. The molecule has 0 unspecified atom stereocenters. The molecule has 2 aromatic rings.